The molecule has 0 atom stereocenters. The molecule has 8 nitrogen and oxygen atoms in total. The third kappa shape index (κ3) is 6.24. The average molecular weight is 558 g/mol. The third-order valence-electron chi connectivity index (χ3n) is 5.88. The molecule has 39 heavy (non-hydrogen) atoms. The van der Waals surface area contributed by atoms with E-state index in [0.717, 1.165) is 28.0 Å². The van der Waals surface area contributed by atoms with E-state index < -0.39 is 10.0 Å². The van der Waals surface area contributed by atoms with E-state index in [1.54, 1.807) is 36.4 Å². The van der Waals surface area contributed by atoms with Crippen LogP contribution in [0.5, 0.6) is 0 Å². The number of imidazole rings is 1. The van der Waals surface area contributed by atoms with Gasteiger partial charge >= 0.3 is 0 Å². The van der Waals surface area contributed by atoms with Crippen molar-refractivity contribution in [3.63, 3.8) is 0 Å². The third-order valence-corrected chi connectivity index (χ3v) is 8.12. The lowest BCUT2D eigenvalue weighted by atomic mass is 10.2. The summed E-state index contributed by atoms with van der Waals surface area (Å²) in [7, 11) is -3.78. The maximum Gasteiger partial charge on any atom is 0.261 e. The Morgan fingerprint density at radius 2 is 1.62 bits per heavy atom. The van der Waals surface area contributed by atoms with Gasteiger partial charge in [0.15, 0.2) is 0 Å². The Kier molecular flexibility index (Phi) is 7.85. The number of amides is 1. The molecule has 1 amide bonds. The molecule has 0 aliphatic heterocycles. The van der Waals surface area contributed by atoms with Crippen molar-refractivity contribution in [2.75, 3.05) is 14.8 Å². The number of benzene rings is 4. The molecule has 3 N–H and O–H groups in total. The molecule has 1 aromatic heterocycles. The van der Waals surface area contributed by atoms with Gasteiger partial charge in [0.05, 0.1) is 15.9 Å². The number of hydrogen-bond acceptors (Lipinski definition) is 6. The zero-order valence-electron chi connectivity index (χ0n) is 21.2. The molecule has 0 radical (unpaired) electrons. The number of aryl methyl sites for hydroxylation is 1. The van der Waals surface area contributed by atoms with E-state index in [1.165, 1.54) is 30.1 Å². The standard InChI is InChI=1S/C29H27N5O3S2/c1-2-18-34-27-17-16-22(32-38-24-12-5-3-6-13-24)20-26(27)30-29(34)31-28(35)21-10-9-11-23(19-21)33-39(36,37)25-14-7-4-8-15-25/h3-17,19-20,32-33H,2,18H2,1H3,(H,30,31,35). The molecule has 0 saturated heterocycles. The Hall–Kier alpha value is -4.28. The van der Waals surface area contributed by atoms with Crippen LogP contribution in [0.15, 0.2) is 113 Å². The minimum atomic E-state index is -3.78. The first-order chi connectivity index (χ1) is 18.9. The van der Waals surface area contributed by atoms with Crippen LogP contribution in [0, 0.1) is 0 Å². The fourth-order valence-electron chi connectivity index (χ4n) is 4.06. The summed E-state index contributed by atoms with van der Waals surface area (Å²) in [4.78, 5) is 19.1. The van der Waals surface area contributed by atoms with Gasteiger partial charge in [0.1, 0.15) is 0 Å². The van der Waals surface area contributed by atoms with Crippen molar-refractivity contribution in [2.24, 2.45) is 0 Å². The summed E-state index contributed by atoms with van der Waals surface area (Å²) < 4.78 is 33.3. The molecule has 0 aliphatic carbocycles. The van der Waals surface area contributed by atoms with Crippen LogP contribution in [0.25, 0.3) is 11.0 Å². The van der Waals surface area contributed by atoms with Gasteiger partial charge in [-0.3, -0.25) is 14.8 Å². The second-order valence-electron chi connectivity index (χ2n) is 8.76. The van der Waals surface area contributed by atoms with Crippen LogP contribution in [0.3, 0.4) is 0 Å². The Morgan fingerprint density at radius 1 is 0.872 bits per heavy atom. The zero-order chi connectivity index (χ0) is 27.2. The number of carbonyl (C=O) groups is 1. The van der Waals surface area contributed by atoms with Gasteiger partial charge in [-0.2, -0.15) is 0 Å². The first-order valence-electron chi connectivity index (χ1n) is 12.4. The smallest absolute Gasteiger partial charge is 0.261 e. The van der Waals surface area contributed by atoms with E-state index in [2.05, 4.69) is 21.7 Å². The van der Waals surface area contributed by atoms with Crippen molar-refractivity contribution >= 4 is 56.2 Å². The number of aromatic nitrogens is 2. The number of nitrogens with one attached hydrogen (secondary N) is 3. The Balaban J connectivity index is 1.35. The molecule has 0 spiro atoms. The molecule has 10 heteroatoms. The van der Waals surface area contributed by atoms with E-state index in [0.29, 0.717) is 23.7 Å². The first kappa shape index (κ1) is 26.3. The van der Waals surface area contributed by atoms with Crippen LogP contribution in [0.2, 0.25) is 0 Å². The molecule has 4 aromatic carbocycles. The van der Waals surface area contributed by atoms with Crippen molar-refractivity contribution in [3.8, 4) is 0 Å². The fraction of sp³-hybridized carbons (Fsp3) is 0.103. The van der Waals surface area contributed by atoms with Crippen molar-refractivity contribution in [2.45, 2.75) is 29.7 Å². The summed E-state index contributed by atoms with van der Waals surface area (Å²) in [5.41, 5.74) is 3.16. The summed E-state index contributed by atoms with van der Waals surface area (Å²) >= 11 is 1.51. The predicted molar refractivity (Wildman–Crippen MR) is 158 cm³/mol. The molecule has 0 bridgehead atoms. The van der Waals surface area contributed by atoms with E-state index in [4.69, 9.17) is 4.98 Å². The molecule has 0 saturated carbocycles. The van der Waals surface area contributed by atoms with E-state index >= 15 is 0 Å². The number of hydrogen-bond donors (Lipinski definition) is 3. The lowest BCUT2D eigenvalue weighted by Crippen LogP contribution is -2.17. The van der Waals surface area contributed by atoms with Crippen LogP contribution in [-0.4, -0.2) is 23.9 Å². The van der Waals surface area contributed by atoms with Gasteiger partial charge in [0, 0.05) is 28.4 Å². The molecule has 0 aliphatic rings. The molecule has 5 aromatic rings. The lowest BCUT2D eigenvalue weighted by Gasteiger charge is -2.11. The van der Waals surface area contributed by atoms with E-state index in [-0.39, 0.29) is 10.8 Å². The van der Waals surface area contributed by atoms with Gasteiger partial charge in [0.25, 0.3) is 15.9 Å². The summed E-state index contributed by atoms with van der Waals surface area (Å²) in [5.74, 6) is 0.0429. The van der Waals surface area contributed by atoms with Gasteiger partial charge in [-0.05, 0) is 79.0 Å². The van der Waals surface area contributed by atoms with E-state index in [9.17, 15) is 13.2 Å². The second-order valence-corrected chi connectivity index (χ2v) is 11.3. The number of carbonyl (C=O) groups excluding carboxylic acids is 1. The van der Waals surface area contributed by atoms with Crippen molar-refractivity contribution in [1.29, 1.82) is 0 Å². The zero-order valence-corrected chi connectivity index (χ0v) is 22.8. The van der Waals surface area contributed by atoms with Crippen molar-refractivity contribution in [1.82, 2.24) is 9.55 Å². The van der Waals surface area contributed by atoms with Gasteiger partial charge in [0.2, 0.25) is 5.95 Å². The van der Waals surface area contributed by atoms with Crippen molar-refractivity contribution in [3.05, 3.63) is 109 Å². The Labute approximate surface area is 231 Å². The number of sulfonamides is 1. The summed E-state index contributed by atoms with van der Waals surface area (Å²) in [6.45, 7) is 2.74. The van der Waals surface area contributed by atoms with Crippen LogP contribution in [-0.2, 0) is 16.6 Å². The highest BCUT2D eigenvalue weighted by Gasteiger charge is 2.17. The fourth-order valence-corrected chi connectivity index (χ4v) is 5.78. The van der Waals surface area contributed by atoms with Crippen LogP contribution < -0.4 is 14.8 Å². The highest BCUT2D eigenvalue weighted by atomic mass is 32.2. The Bertz CT molecular complexity index is 1710. The van der Waals surface area contributed by atoms with Gasteiger partial charge in [-0.15, -0.1) is 0 Å². The second kappa shape index (κ2) is 11.6. The summed E-state index contributed by atoms with van der Waals surface area (Å²) in [6.07, 6.45) is 0.856. The highest BCUT2D eigenvalue weighted by molar-refractivity contribution is 8.00. The summed E-state index contributed by atoms with van der Waals surface area (Å²) in [6, 6.07) is 30.4. The minimum Gasteiger partial charge on any atom is -0.326 e. The molecule has 5 rings (SSSR count). The molecule has 0 fully saturated rings. The normalized spacial score (nSPS) is 11.3. The lowest BCUT2D eigenvalue weighted by molar-refractivity contribution is 0.102. The van der Waals surface area contributed by atoms with Crippen LogP contribution in [0.4, 0.5) is 17.3 Å². The van der Waals surface area contributed by atoms with E-state index in [1.807, 2.05) is 53.1 Å². The largest absolute Gasteiger partial charge is 0.326 e. The highest BCUT2D eigenvalue weighted by Crippen LogP contribution is 2.27. The van der Waals surface area contributed by atoms with Crippen LogP contribution >= 0.6 is 11.9 Å². The average Bonchev–Trinajstić information content (AvgIpc) is 3.29. The quantitative estimate of drug-likeness (QED) is 0.167. The maximum absolute atomic E-state index is 13.2. The minimum absolute atomic E-state index is 0.143. The van der Waals surface area contributed by atoms with Crippen molar-refractivity contribution < 1.29 is 13.2 Å². The van der Waals surface area contributed by atoms with Crippen LogP contribution in [0.1, 0.15) is 23.7 Å². The van der Waals surface area contributed by atoms with Gasteiger partial charge in [-0.25, -0.2) is 13.4 Å². The number of fused-ring (bicyclic) bond motifs is 1. The molecule has 198 valence electrons. The monoisotopic (exact) mass is 557 g/mol. The molecular weight excluding hydrogens is 530 g/mol. The van der Waals surface area contributed by atoms with Gasteiger partial charge < -0.3 is 9.29 Å². The van der Waals surface area contributed by atoms with Gasteiger partial charge in [-0.1, -0.05) is 49.4 Å². The number of nitrogens with zero attached hydrogens (tertiary/aromatic N) is 2. The molecular formula is C29H27N5O3S2. The number of anilines is 3. The molecule has 1 heterocycles. The Morgan fingerprint density at radius 3 is 2.36 bits per heavy atom. The first-order valence-corrected chi connectivity index (χ1v) is 14.7. The molecule has 0 unspecified atom stereocenters. The summed E-state index contributed by atoms with van der Waals surface area (Å²) in [5, 5.41) is 2.91. The predicted octanol–water partition coefficient (Wildman–Crippen LogP) is 6.62. The number of rotatable bonds is 10. The SMILES string of the molecule is CCCn1c(NC(=O)c2cccc(NS(=O)(=O)c3ccccc3)c2)nc2cc(NSc3ccccc3)ccc21. The topological polar surface area (TPSA) is 105 Å². The maximum atomic E-state index is 13.2.